The minimum atomic E-state index is -5.72. The molecule has 7 N–H and O–H groups in total. The lowest BCUT2D eigenvalue weighted by molar-refractivity contribution is -0.391. The van der Waals surface area contributed by atoms with Crippen molar-refractivity contribution >= 4 is 58.2 Å². The van der Waals surface area contributed by atoms with Crippen molar-refractivity contribution in [1.82, 2.24) is 15.1 Å². The van der Waals surface area contributed by atoms with Crippen LogP contribution < -0.4 is 21.3 Å². The van der Waals surface area contributed by atoms with Gasteiger partial charge in [0.2, 0.25) is 16.3 Å². The molecular weight excluding hydrogens is 955 g/mol. The Balaban J connectivity index is 1.63. The molecule has 3 fully saturated rings. The normalized spacial score (nSPS) is 31.0. The number of carboxylic acids is 2. The van der Waals surface area contributed by atoms with Gasteiger partial charge in [-0.2, -0.15) is 0 Å². The molecule has 3 amide bonds. The van der Waals surface area contributed by atoms with Crippen LogP contribution in [-0.4, -0.2) is 199 Å². The van der Waals surface area contributed by atoms with Crippen LogP contribution in [0.5, 0.6) is 0 Å². The number of unbranched alkanes of at least 4 members (excludes halogenated alkanes) is 6. The first kappa shape index (κ1) is 58.3. The van der Waals surface area contributed by atoms with Crippen LogP contribution in [0, 0.1) is 11.8 Å². The lowest BCUT2D eigenvalue weighted by atomic mass is 9.95. The van der Waals surface area contributed by atoms with Gasteiger partial charge in [0.05, 0.1) is 18.6 Å². The molecule has 398 valence electrons. The standard InChI is InChI=1S/C43H69N5O21S/c1-21(2)13-11-9-7-6-8-10-12-14-23(64-28(52)16-22(3)15-27(50)51)17-29(53)65-25-20-47(4)32(41(58)48(5)31(25)42(59)60)37(68-43-34(55)33(54)24(18-44)66-43)38-35(56)39(69-70(61,62)63)36(67-38)30-40(57)46-26(49)19-45-30/h19,21-25,30-39,43,54-56H,6-18,20,44H2,1-5H3,(H,50,51)(H,59,60)(H,46,49,57)(H,61,62,63)/p-2/t22?,23?,24?,25-,30?,31-,32?,33+,34+,35+,36?,37?,38?,39+,43?/m0/s1. The fourth-order valence-electron chi connectivity index (χ4n) is 9.10. The topological polar surface area (TPSA) is 397 Å². The lowest BCUT2D eigenvalue weighted by Gasteiger charge is -2.38. The molecule has 0 aromatic carbocycles. The van der Waals surface area contributed by atoms with Gasteiger partial charge in [-0.15, -0.1) is 0 Å². The molecule has 27 heteroatoms. The third-order valence-corrected chi connectivity index (χ3v) is 13.1. The molecule has 4 aliphatic heterocycles. The van der Waals surface area contributed by atoms with E-state index in [4.69, 9.17) is 23.7 Å². The Morgan fingerprint density at radius 3 is 2.09 bits per heavy atom. The maximum Gasteiger partial charge on any atom is 0.309 e. The fraction of sp³-hybridized carbons (Fsp3) is 0.814. The number of carbonyl (C=O) groups is 7. The number of hydrogen-bond donors (Lipinski definition) is 5. The van der Waals surface area contributed by atoms with Crippen molar-refractivity contribution in [2.45, 2.75) is 183 Å². The summed E-state index contributed by atoms with van der Waals surface area (Å²) in [6, 6.07) is -5.80. The van der Waals surface area contributed by atoms with Crippen LogP contribution in [0.3, 0.4) is 0 Å². The van der Waals surface area contributed by atoms with Gasteiger partial charge in [-0.25, -0.2) is 8.42 Å². The van der Waals surface area contributed by atoms with E-state index in [0.29, 0.717) is 23.5 Å². The summed E-state index contributed by atoms with van der Waals surface area (Å²) >= 11 is 0. The summed E-state index contributed by atoms with van der Waals surface area (Å²) in [5, 5.41) is 59.3. The molecule has 0 aromatic rings. The highest BCUT2D eigenvalue weighted by atomic mass is 32.3. The molecule has 0 aromatic heterocycles. The van der Waals surface area contributed by atoms with Crippen molar-refractivity contribution in [2.24, 2.45) is 16.8 Å². The van der Waals surface area contributed by atoms with Crippen LogP contribution in [0.4, 0.5) is 0 Å². The number of nitrogens with one attached hydrogen (secondary N) is 1. The molecule has 0 saturated carbocycles. The zero-order valence-corrected chi connectivity index (χ0v) is 40.7. The number of aliphatic hydroxyl groups is 3. The zero-order valence-electron chi connectivity index (χ0n) is 39.9. The Kier molecular flexibility index (Phi) is 22.0. The summed E-state index contributed by atoms with van der Waals surface area (Å²) in [6.45, 7) is 5.07. The predicted molar refractivity (Wildman–Crippen MR) is 230 cm³/mol. The van der Waals surface area contributed by atoms with Gasteiger partial charge in [0.15, 0.2) is 12.3 Å². The summed E-state index contributed by atoms with van der Waals surface area (Å²) in [5.41, 5.74) is 3.64. The van der Waals surface area contributed by atoms with Gasteiger partial charge < -0.3 is 74.0 Å². The van der Waals surface area contributed by atoms with E-state index >= 15 is 0 Å². The number of amides is 3. The van der Waals surface area contributed by atoms with Crippen molar-refractivity contribution < 1.29 is 106 Å². The second-order valence-electron chi connectivity index (χ2n) is 18.8. The molecule has 4 heterocycles. The Hall–Kier alpha value is -4.29. The van der Waals surface area contributed by atoms with Crippen molar-refractivity contribution in [3.8, 4) is 0 Å². The minimum Gasteiger partial charge on any atom is -0.726 e. The third kappa shape index (κ3) is 16.4. The van der Waals surface area contributed by atoms with E-state index in [9.17, 15) is 72.1 Å². The molecule has 0 aliphatic carbocycles. The first-order chi connectivity index (χ1) is 32.8. The van der Waals surface area contributed by atoms with Crippen LogP contribution >= 0.6 is 0 Å². The van der Waals surface area contributed by atoms with Gasteiger partial charge in [-0.1, -0.05) is 65.7 Å². The van der Waals surface area contributed by atoms with E-state index in [1.54, 1.807) is 0 Å². The molecule has 0 spiro atoms. The molecule has 26 nitrogen and oxygen atoms in total. The number of quaternary nitrogens is 1. The van der Waals surface area contributed by atoms with Gasteiger partial charge in [-0.05, 0) is 38.1 Å². The van der Waals surface area contributed by atoms with Gasteiger partial charge in [0.1, 0.15) is 79.7 Å². The van der Waals surface area contributed by atoms with Gasteiger partial charge in [0, 0.05) is 26.0 Å². The monoisotopic (exact) mass is 1020 g/mol. The van der Waals surface area contributed by atoms with Crippen molar-refractivity contribution in [3.63, 3.8) is 0 Å². The van der Waals surface area contributed by atoms with E-state index in [0.717, 1.165) is 56.9 Å². The number of nitrogens with zero attached hydrogens (tertiary/aromatic N) is 3. The number of aliphatic hydroxyl groups excluding tert-OH is 3. The number of aliphatic carboxylic acids is 2. The summed E-state index contributed by atoms with van der Waals surface area (Å²) in [6.07, 6.45) is -13.1. The molecule has 3 saturated heterocycles. The smallest absolute Gasteiger partial charge is 0.309 e. The molecule has 0 radical (unpaired) electrons. The van der Waals surface area contributed by atoms with Crippen LogP contribution in [-0.2, 0) is 71.8 Å². The molecule has 4 rings (SSSR count). The number of rotatable bonds is 27. The SMILES string of the molecule is CC(C)CCCCCCCCCC(CC(=O)O[C@H]1CN(C)C(C(OC2OC(C[NH3+])[C@@H](O)[C@H]2O)C2OC(C3N=CC(=O)NC3=O)[C@H](OS(=O)(=O)[O-])[C@@H]2O)C(=O)N(C)[C@@H]1C(=O)[O-])OC(=O)CC(C)CC(=O)[O-]. The highest BCUT2D eigenvalue weighted by Gasteiger charge is 2.59. The zero-order chi connectivity index (χ0) is 52.2. The van der Waals surface area contributed by atoms with Crippen LogP contribution in [0.15, 0.2) is 4.99 Å². The Morgan fingerprint density at radius 1 is 0.900 bits per heavy atom. The summed E-state index contributed by atoms with van der Waals surface area (Å²) in [4.78, 5) is 95.7. The quantitative estimate of drug-likeness (QED) is 0.0168. The van der Waals surface area contributed by atoms with Crippen molar-refractivity contribution in [1.29, 1.82) is 0 Å². The number of aliphatic imine (C=N–C) groups is 1. The minimum absolute atomic E-state index is 0.121. The average Bonchev–Trinajstić information content (AvgIpc) is 3.67. The number of esters is 2. The number of imide groups is 1. The van der Waals surface area contributed by atoms with Crippen LogP contribution in [0.1, 0.15) is 97.8 Å². The first-order valence-corrected chi connectivity index (χ1v) is 24.7. The Labute approximate surface area is 405 Å². The number of hydrogen-bond acceptors (Lipinski definition) is 23. The summed E-state index contributed by atoms with van der Waals surface area (Å²) < 4.78 is 69.6. The van der Waals surface area contributed by atoms with Crippen LogP contribution in [0.2, 0.25) is 0 Å². The first-order valence-electron chi connectivity index (χ1n) is 23.4. The molecule has 9 unspecified atom stereocenters. The van der Waals surface area contributed by atoms with E-state index in [1.165, 1.54) is 14.0 Å². The average molecular weight is 1020 g/mol. The second-order valence-corrected chi connectivity index (χ2v) is 19.8. The Bertz CT molecular complexity index is 1980. The maximum absolute atomic E-state index is 14.6. The van der Waals surface area contributed by atoms with E-state index in [-0.39, 0.29) is 19.4 Å². The van der Waals surface area contributed by atoms with Gasteiger partial charge in [-0.3, -0.25) is 43.4 Å². The van der Waals surface area contributed by atoms with Gasteiger partial charge in [0.25, 0.3) is 11.8 Å². The Morgan fingerprint density at radius 2 is 1.53 bits per heavy atom. The maximum atomic E-state index is 14.6. The molecule has 15 atom stereocenters. The highest BCUT2D eigenvalue weighted by Crippen LogP contribution is 2.37. The molecule has 0 bridgehead atoms. The van der Waals surface area contributed by atoms with E-state index < -0.39 is 163 Å². The lowest BCUT2D eigenvalue weighted by Crippen LogP contribution is -2.60. The number of carbonyl (C=O) groups excluding carboxylic acids is 7. The fourth-order valence-corrected chi connectivity index (χ4v) is 9.59. The summed E-state index contributed by atoms with van der Waals surface area (Å²) in [5.74, 6) is -8.51. The van der Waals surface area contributed by atoms with E-state index in [2.05, 4.69) is 28.8 Å². The third-order valence-electron chi connectivity index (χ3n) is 12.6. The van der Waals surface area contributed by atoms with Gasteiger partial charge >= 0.3 is 11.9 Å². The molecule has 4 aliphatic rings. The van der Waals surface area contributed by atoms with E-state index in [1.807, 2.05) is 5.32 Å². The molecule has 70 heavy (non-hydrogen) atoms. The largest absolute Gasteiger partial charge is 0.726 e. The number of carboxylic acid groups (broad SMARTS) is 2. The number of ether oxygens (including phenoxy) is 5. The van der Waals surface area contributed by atoms with Crippen molar-refractivity contribution in [2.75, 3.05) is 27.2 Å². The van der Waals surface area contributed by atoms with Crippen LogP contribution in [0.25, 0.3) is 0 Å². The second kappa shape index (κ2) is 26.4. The predicted octanol–water partition coefficient (Wildman–Crippen LogP) is -5.43. The summed E-state index contributed by atoms with van der Waals surface area (Å²) in [7, 11) is -3.49. The molecular formula is C43H67N5O21S-2. The van der Waals surface area contributed by atoms with Crippen molar-refractivity contribution in [3.05, 3.63) is 0 Å². The highest BCUT2D eigenvalue weighted by molar-refractivity contribution is 7.80. The number of likely N-dealkylation sites (N-methyl/N-ethyl adjacent to an activating group) is 2.